The molecular weight excluding hydrogens is 537 g/mol. The van der Waals surface area contributed by atoms with Crippen LogP contribution in [0.2, 0.25) is 25.7 Å². The van der Waals surface area contributed by atoms with Crippen LogP contribution in [0.5, 0.6) is 0 Å². The summed E-state index contributed by atoms with van der Waals surface area (Å²) in [5, 5.41) is 2.75. The molecule has 0 radical (unpaired) electrons. The fraction of sp³-hybridized carbons (Fsp3) is 0.440. The molecule has 208 valence electrons. The van der Waals surface area contributed by atoms with Crippen molar-refractivity contribution in [1.29, 1.82) is 0 Å². The molecule has 0 aliphatic rings. The van der Waals surface area contributed by atoms with Gasteiger partial charge in [0, 0.05) is 33.5 Å². The zero-order valence-corrected chi connectivity index (χ0v) is 24.2. The number of hydrogen-bond acceptors (Lipinski definition) is 6. The Bertz CT molecular complexity index is 1510. The SMILES string of the molecule is CCCS(=O)(=O)N(COCC[Si](C)(C)C)c1cc(F)c(F)c(Nc2ccc3ncn(C)c(=O)c3c2C)c1F. The van der Waals surface area contributed by atoms with E-state index in [1.54, 1.807) is 13.8 Å². The lowest BCUT2D eigenvalue weighted by molar-refractivity contribution is 0.156. The van der Waals surface area contributed by atoms with Crippen LogP contribution < -0.4 is 15.2 Å². The largest absolute Gasteiger partial charge is 0.360 e. The average Bonchev–Trinajstić information content (AvgIpc) is 2.82. The first-order valence-electron chi connectivity index (χ1n) is 12.2. The van der Waals surface area contributed by atoms with E-state index in [2.05, 4.69) is 29.9 Å². The van der Waals surface area contributed by atoms with Gasteiger partial charge >= 0.3 is 0 Å². The van der Waals surface area contributed by atoms with E-state index in [-0.39, 0.29) is 35.4 Å². The highest BCUT2D eigenvalue weighted by Crippen LogP contribution is 2.35. The first kappa shape index (κ1) is 29.6. The molecule has 0 aliphatic heterocycles. The molecule has 3 rings (SSSR count). The smallest absolute Gasteiger partial charge is 0.261 e. The fourth-order valence-electron chi connectivity index (χ4n) is 3.80. The van der Waals surface area contributed by atoms with Gasteiger partial charge in [-0.3, -0.25) is 4.79 Å². The Balaban J connectivity index is 2.09. The zero-order valence-electron chi connectivity index (χ0n) is 22.4. The molecule has 0 bridgehead atoms. The summed E-state index contributed by atoms with van der Waals surface area (Å²) >= 11 is 0. The molecule has 0 aliphatic carbocycles. The predicted octanol–water partition coefficient (Wildman–Crippen LogP) is 5.26. The maximum Gasteiger partial charge on any atom is 0.261 e. The molecule has 0 saturated heterocycles. The van der Waals surface area contributed by atoms with Crippen LogP contribution >= 0.6 is 0 Å². The molecular formula is C25H33F3N4O4SSi. The minimum Gasteiger partial charge on any atom is -0.360 e. The standard InChI is InChI=1S/C25H33F3N4O4SSi/c1-7-11-37(34,35)32(15-36-10-12-38(4,5)6)20-13-17(26)22(27)24(23(20)28)30-18-8-9-19-21(16(18)2)25(33)31(3)14-29-19/h8-9,13-14,30H,7,10-12,15H2,1-6H3. The third-order valence-electron chi connectivity index (χ3n) is 6.02. The Labute approximate surface area is 221 Å². The number of nitrogens with one attached hydrogen (secondary N) is 1. The number of anilines is 3. The summed E-state index contributed by atoms with van der Waals surface area (Å²) < 4.78 is 79.0. The van der Waals surface area contributed by atoms with Crippen molar-refractivity contribution >= 4 is 46.1 Å². The average molecular weight is 571 g/mol. The molecule has 13 heteroatoms. The van der Waals surface area contributed by atoms with Crippen LogP contribution in [0.25, 0.3) is 10.9 Å². The van der Waals surface area contributed by atoms with Gasteiger partial charge in [0.2, 0.25) is 10.0 Å². The van der Waals surface area contributed by atoms with E-state index in [0.717, 1.165) is 6.04 Å². The van der Waals surface area contributed by atoms with Crippen molar-refractivity contribution in [3.8, 4) is 0 Å². The molecule has 0 spiro atoms. The van der Waals surface area contributed by atoms with Gasteiger partial charge < -0.3 is 14.6 Å². The van der Waals surface area contributed by atoms with Gasteiger partial charge in [-0.25, -0.2) is 30.9 Å². The molecule has 8 nitrogen and oxygen atoms in total. The second-order valence-electron chi connectivity index (χ2n) is 10.3. The first-order valence-corrected chi connectivity index (χ1v) is 17.5. The molecule has 1 N–H and O–H groups in total. The molecule has 0 atom stereocenters. The van der Waals surface area contributed by atoms with Crippen molar-refractivity contribution in [1.82, 2.24) is 9.55 Å². The van der Waals surface area contributed by atoms with Crippen molar-refractivity contribution in [3.63, 3.8) is 0 Å². The van der Waals surface area contributed by atoms with E-state index in [9.17, 15) is 22.0 Å². The van der Waals surface area contributed by atoms with Gasteiger partial charge in [0.15, 0.2) is 17.5 Å². The van der Waals surface area contributed by atoms with Crippen LogP contribution in [-0.4, -0.2) is 45.1 Å². The Hall–Kier alpha value is -2.90. The third-order valence-corrected chi connectivity index (χ3v) is 9.62. The molecule has 1 heterocycles. The highest BCUT2D eigenvalue weighted by atomic mass is 32.2. The number of aromatic nitrogens is 2. The summed E-state index contributed by atoms with van der Waals surface area (Å²) in [6.07, 6.45) is 1.58. The Morgan fingerprint density at radius 2 is 1.84 bits per heavy atom. The topological polar surface area (TPSA) is 93.5 Å². The zero-order chi connectivity index (χ0) is 28.4. The highest BCUT2D eigenvalue weighted by molar-refractivity contribution is 7.92. The van der Waals surface area contributed by atoms with Gasteiger partial charge in [-0.1, -0.05) is 26.6 Å². The first-order chi connectivity index (χ1) is 17.7. The Morgan fingerprint density at radius 3 is 2.47 bits per heavy atom. The van der Waals surface area contributed by atoms with Gasteiger partial charge in [-0.05, 0) is 37.1 Å². The van der Waals surface area contributed by atoms with Crippen molar-refractivity contribution in [3.05, 3.63) is 57.9 Å². The van der Waals surface area contributed by atoms with Gasteiger partial charge in [-0.2, -0.15) is 0 Å². The molecule has 2 aromatic carbocycles. The molecule has 3 aromatic rings. The van der Waals surface area contributed by atoms with Crippen molar-refractivity contribution in [2.45, 2.75) is 46.0 Å². The van der Waals surface area contributed by atoms with E-state index >= 15 is 4.39 Å². The molecule has 1 aromatic heterocycles. The van der Waals surface area contributed by atoms with Crippen LogP contribution in [0.15, 0.2) is 29.3 Å². The number of halogens is 3. The number of ether oxygens (including phenoxy) is 1. The Morgan fingerprint density at radius 1 is 1.16 bits per heavy atom. The molecule has 0 unspecified atom stereocenters. The van der Waals surface area contributed by atoms with E-state index < -0.39 is 53.7 Å². The van der Waals surface area contributed by atoms with Crippen LogP contribution in [0, 0.1) is 24.4 Å². The summed E-state index contributed by atoms with van der Waals surface area (Å²) in [6, 6.07) is 4.19. The van der Waals surface area contributed by atoms with Gasteiger partial charge in [-0.15, -0.1) is 0 Å². The third kappa shape index (κ3) is 6.38. The number of benzene rings is 2. The number of fused-ring (bicyclic) bond motifs is 1. The molecule has 38 heavy (non-hydrogen) atoms. The lowest BCUT2D eigenvalue weighted by atomic mass is 10.1. The number of rotatable bonds is 11. The normalized spacial score (nSPS) is 12.2. The summed E-state index contributed by atoms with van der Waals surface area (Å²) in [4.78, 5) is 16.8. The maximum absolute atomic E-state index is 15.8. The van der Waals surface area contributed by atoms with Crippen molar-refractivity contribution in [2.75, 3.05) is 28.7 Å². The maximum atomic E-state index is 15.8. The van der Waals surface area contributed by atoms with E-state index in [0.29, 0.717) is 21.5 Å². The number of aryl methyl sites for hydroxylation is 2. The fourth-order valence-corrected chi connectivity index (χ4v) is 5.96. The minimum atomic E-state index is -4.12. The van der Waals surface area contributed by atoms with E-state index in [1.165, 1.54) is 30.1 Å². The van der Waals surface area contributed by atoms with Crippen LogP contribution in [0.3, 0.4) is 0 Å². The van der Waals surface area contributed by atoms with E-state index in [1.807, 2.05) is 0 Å². The number of sulfonamides is 1. The monoisotopic (exact) mass is 570 g/mol. The van der Waals surface area contributed by atoms with Crippen LogP contribution in [0.4, 0.5) is 30.2 Å². The van der Waals surface area contributed by atoms with Gasteiger partial charge in [0.05, 0.1) is 28.7 Å². The van der Waals surface area contributed by atoms with Crippen LogP contribution in [0.1, 0.15) is 18.9 Å². The summed E-state index contributed by atoms with van der Waals surface area (Å²) in [5.74, 6) is -4.63. The summed E-state index contributed by atoms with van der Waals surface area (Å²) in [7, 11) is -4.10. The molecule has 0 amide bonds. The quantitative estimate of drug-likeness (QED) is 0.146. The highest BCUT2D eigenvalue weighted by Gasteiger charge is 2.30. The second kappa shape index (κ2) is 11.5. The molecule has 0 saturated carbocycles. The van der Waals surface area contributed by atoms with Gasteiger partial charge in [0.1, 0.15) is 12.4 Å². The lowest BCUT2D eigenvalue weighted by Crippen LogP contribution is -2.36. The number of hydrogen-bond donors (Lipinski definition) is 1. The minimum absolute atomic E-state index is 0.131. The number of nitrogens with zero attached hydrogens (tertiary/aromatic N) is 3. The molecule has 0 fully saturated rings. The summed E-state index contributed by atoms with van der Waals surface area (Å²) in [6.45, 7) is 9.25. The van der Waals surface area contributed by atoms with Crippen molar-refractivity contribution in [2.24, 2.45) is 7.05 Å². The predicted molar refractivity (Wildman–Crippen MR) is 147 cm³/mol. The van der Waals surface area contributed by atoms with Gasteiger partial charge in [0.25, 0.3) is 5.56 Å². The van der Waals surface area contributed by atoms with Crippen LogP contribution in [-0.2, 0) is 21.8 Å². The lowest BCUT2D eigenvalue weighted by Gasteiger charge is -2.26. The second-order valence-corrected chi connectivity index (χ2v) is 17.9. The van der Waals surface area contributed by atoms with Crippen molar-refractivity contribution < 1.29 is 26.3 Å². The van der Waals surface area contributed by atoms with E-state index in [4.69, 9.17) is 4.74 Å². The summed E-state index contributed by atoms with van der Waals surface area (Å²) in [5.41, 5.74) is -1.09. The Kier molecular flexibility index (Phi) is 8.94.